The molecule has 6 rings (SSSR count). The van der Waals surface area contributed by atoms with E-state index in [9.17, 15) is 15.2 Å². The number of aromatic hydroxyl groups is 1. The van der Waals surface area contributed by atoms with Gasteiger partial charge in [0.15, 0.2) is 17.2 Å². The molecule has 10 nitrogen and oxygen atoms in total. The maximum absolute atomic E-state index is 11.2. The van der Waals surface area contributed by atoms with Crippen LogP contribution in [0.1, 0.15) is 5.56 Å². The zero-order valence-corrected chi connectivity index (χ0v) is 18.2. The number of nitro groups is 1. The standard InChI is InChI=1S/C25H17N7O3/c33-25-22(24-27-20-8-4-5-9-21(20)30(24)15-16-6-2-1-3-7-16)28-29-23-19(14-26-31(23)25)17-10-12-18(13-11-17)32(34)35/h1-14,33H,15H2. The molecule has 0 aliphatic heterocycles. The summed E-state index contributed by atoms with van der Waals surface area (Å²) >= 11 is 0. The van der Waals surface area contributed by atoms with Gasteiger partial charge < -0.3 is 9.67 Å². The summed E-state index contributed by atoms with van der Waals surface area (Å²) in [5.74, 6) is 0.266. The molecule has 0 fully saturated rings. The highest BCUT2D eigenvalue weighted by Crippen LogP contribution is 2.33. The summed E-state index contributed by atoms with van der Waals surface area (Å²) < 4.78 is 3.28. The Morgan fingerprint density at radius 1 is 0.914 bits per heavy atom. The Bertz CT molecular complexity index is 1710. The van der Waals surface area contributed by atoms with Crippen LogP contribution in [0.2, 0.25) is 0 Å². The molecule has 170 valence electrons. The summed E-state index contributed by atoms with van der Waals surface area (Å²) in [6.45, 7) is 0.531. The lowest BCUT2D eigenvalue weighted by molar-refractivity contribution is -0.384. The first kappa shape index (κ1) is 20.5. The Morgan fingerprint density at radius 3 is 2.43 bits per heavy atom. The summed E-state index contributed by atoms with van der Waals surface area (Å²) in [6.07, 6.45) is 1.54. The maximum atomic E-state index is 11.2. The summed E-state index contributed by atoms with van der Waals surface area (Å²) in [4.78, 5) is 15.2. The predicted molar refractivity (Wildman–Crippen MR) is 129 cm³/mol. The SMILES string of the molecule is O=[N+]([O-])c1ccc(-c2cnn3c(O)c(-c4nc5ccccc5n4Cc4ccccc4)nnc23)cc1. The van der Waals surface area contributed by atoms with Crippen LogP contribution in [0.25, 0.3) is 39.3 Å². The van der Waals surface area contributed by atoms with E-state index in [1.54, 1.807) is 18.3 Å². The quantitative estimate of drug-likeness (QED) is 0.295. The first-order valence-corrected chi connectivity index (χ1v) is 10.8. The minimum atomic E-state index is -0.459. The van der Waals surface area contributed by atoms with E-state index in [-0.39, 0.29) is 17.3 Å². The second-order valence-corrected chi connectivity index (χ2v) is 7.97. The van der Waals surface area contributed by atoms with Crippen LogP contribution in [0.15, 0.2) is 85.1 Å². The number of hydrogen-bond acceptors (Lipinski definition) is 7. The van der Waals surface area contributed by atoms with E-state index in [4.69, 9.17) is 4.98 Å². The van der Waals surface area contributed by atoms with Crippen LogP contribution in [0.5, 0.6) is 5.88 Å². The van der Waals surface area contributed by atoms with Gasteiger partial charge in [0, 0.05) is 24.2 Å². The van der Waals surface area contributed by atoms with Gasteiger partial charge in [-0.1, -0.05) is 42.5 Å². The second-order valence-electron chi connectivity index (χ2n) is 7.97. The van der Waals surface area contributed by atoms with Crippen molar-refractivity contribution in [2.45, 2.75) is 6.54 Å². The summed E-state index contributed by atoms with van der Waals surface area (Å²) in [5.41, 5.74) is 4.51. The van der Waals surface area contributed by atoms with Crippen LogP contribution < -0.4 is 0 Å². The van der Waals surface area contributed by atoms with Gasteiger partial charge in [-0.2, -0.15) is 9.61 Å². The van der Waals surface area contributed by atoms with Gasteiger partial charge in [0.1, 0.15) is 0 Å². The lowest BCUT2D eigenvalue weighted by Crippen LogP contribution is -2.06. The van der Waals surface area contributed by atoms with Gasteiger partial charge in [0.25, 0.3) is 5.69 Å². The van der Waals surface area contributed by atoms with E-state index < -0.39 is 4.92 Å². The fourth-order valence-electron chi connectivity index (χ4n) is 4.13. The molecule has 0 atom stereocenters. The van der Waals surface area contributed by atoms with E-state index in [0.29, 0.717) is 29.1 Å². The largest absolute Gasteiger partial charge is 0.492 e. The third kappa shape index (κ3) is 3.44. The Balaban J connectivity index is 1.48. The van der Waals surface area contributed by atoms with Crippen molar-refractivity contribution < 1.29 is 10.0 Å². The minimum absolute atomic E-state index is 0.0150. The molecule has 10 heteroatoms. The molecular formula is C25H17N7O3. The van der Waals surface area contributed by atoms with Gasteiger partial charge in [-0.25, -0.2) is 4.98 Å². The second kappa shape index (κ2) is 8.03. The van der Waals surface area contributed by atoms with Crippen molar-refractivity contribution in [3.8, 4) is 28.5 Å². The average Bonchev–Trinajstić information content (AvgIpc) is 3.48. The Labute approximate surface area is 197 Å². The van der Waals surface area contributed by atoms with Crippen LogP contribution in [0.3, 0.4) is 0 Å². The predicted octanol–water partition coefficient (Wildman–Crippen LogP) is 4.47. The summed E-state index contributed by atoms with van der Waals surface area (Å²) in [6, 6.07) is 23.7. The van der Waals surface area contributed by atoms with Gasteiger partial charge in [-0.3, -0.25) is 10.1 Å². The lowest BCUT2D eigenvalue weighted by atomic mass is 10.1. The van der Waals surface area contributed by atoms with Crippen molar-refractivity contribution in [3.05, 3.63) is 101 Å². The van der Waals surface area contributed by atoms with E-state index in [1.807, 2.05) is 59.2 Å². The smallest absolute Gasteiger partial charge is 0.269 e. The van der Waals surface area contributed by atoms with Crippen LogP contribution in [-0.4, -0.2) is 39.4 Å². The van der Waals surface area contributed by atoms with Crippen molar-refractivity contribution in [1.29, 1.82) is 0 Å². The Morgan fingerprint density at radius 2 is 1.66 bits per heavy atom. The molecule has 0 aliphatic rings. The van der Waals surface area contributed by atoms with Crippen LogP contribution in [0, 0.1) is 10.1 Å². The van der Waals surface area contributed by atoms with Gasteiger partial charge >= 0.3 is 0 Å². The fourth-order valence-corrected chi connectivity index (χ4v) is 4.13. The Hall–Kier alpha value is -5.12. The molecule has 1 N–H and O–H groups in total. The van der Waals surface area contributed by atoms with E-state index in [2.05, 4.69) is 15.3 Å². The molecule has 3 aromatic heterocycles. The molecule has 0 saturated heterocycles. The minimum Gasteiger partial charge on any atom is -0.492 e. The fraction of sp³-hybridized carbons (Fsp3) is 0.0400. The van der Waals surface area contributed by atoms with Crippen LogP contribution in [-0.2, 0) is 6.54 Å². The number of nitrogens with zero attached hydrogens (tertiary/aromatic N) is 7. The third-order valence-electron chi connectivity index (χ3n) is 5.84. The maximum Gasteiger partial charge on any atom is 0.269 e. The highest BCUT2D eigenvalue weighted by atomic mass is 16.6. The third-order valence-corrected chi connectivity index (χ3v) is 5.84. The van der Waals surface area contributed by atoms with E-state index >= 15 is 0 Å². The highest BCUT2D eigenvalue weighted by Gasteiger charge is 2.22. The molecule has 35 heavy (non-hydrogen) atoms. The molecule has 3 heterocycles. The monoisotopic (exact) mass is 463 g/mol. The molecule has 0 bridgehead atoms. The molecule has 6 aromatic rings. The van der Waals surface area contributed by atoms with E-state index in [1.165, 1.54) is 16.6 Å². The van der Waals surface area contributed by atoms with Crippen molar-refractivity contribution in [2.24, 2.45) is 0 Å². The first-order valence-electron chi connectivity index (χ1n) is 10.8. The number of imidazole rings is 1. The molecule has 0 amide bonds. The van der Waals surface area contributed by atoms with E-state index in [0.717, 1.165) is 16.6 Å². The van der Waals surface area contributed by atoms with Crippen LogP contribution >= 0.6 is 0 Å². The molecule has 3 aromatic carbocycles. The lowest BCUT2D eigenvalue weighted by Gasteiger charge is -2.10. The number of para-hydroxylation sites is 2. The topological polar surface area (TPSA) is 124 Å². The number of fused-ring (bicyclic) bond motifs is 2. The van der Waals surface area contributed by atoms with Crippen molar-refractivity contribution >= 4 is 22.4 Å². The first-order chi connectivity index (χ1) is 17.1. The Kier molecular flexibility index (Phi) is 4.70. The van der Waals surface area contributed by atoms with Gasteiger partial charge in [-0.15, -0.1) is 10.2 Å². The summed E-state index contributed by atoms with van der Waals surface area (Å²) in [7, 11) is 0. The van der Waals surface area contributed by atoms with Gasteiger partial charge in [-0.05, 0) is 35.4 Å². The number of nitro benzene ring substituents is 1. The molecule has 0 saturated carbocycles. The van der Waals surface area contributed by atoms with Gasteiger partial charge in [0.2, 0.25) is 5.88 Å². The molecule has 0 spiro atoms. The number of aromatic nitrogens is 6. The molecule has 0 unspecified atom stereocenters. The van der Waals surface area contributed by atoms with Crippen molar-refractivity contribution in [3.63, 3.8) is 0 Å². The van der Waals surface area contributed by atoms with Gasteiger partial charge in [0.05, 0.1) is 22.2 Å². The molecule has 0 aliphatic carbocycles. The molecular weight excluding hydrogens is 446 g/mol. The van der Waals surface area contributed by atoms with Crippen LogP contribution in [0.4, 0.5) is 5.69 Å². The van der Waals surface area contributed by atoms with Crippen molar-refractivity contribution in [2.75, 3.05) is 0 Å². The summed E-state index contributed by atoms with van der Waals surface area (Å²) in [5, 5.41) is 35.1. The number of non-ortho nitro benzene ring substituents is 1. The average molecular weight is 463 g/mol. The highest BCUT2D eigenvalue weighted by molar-refractivity contribution is 5.82. The molecule has 0 radical (unpaired) electrons. The zero-order chi connectivity index (χ0) is 23.9. The van der Waals surface area contributed by atoms with Crippen molar-refractivity contribution in [1.82, 2.24) is 29.4 Å². The zero-order valence-electron chi connectivity index (χ0n) is 18.2. The number of hydrogen-bond donors (Lipinski definition) is 1. The number of benzene rings is 3. The number of rotatable bonds is 5. The normalized spacial score (nSPS) is 11.3.